The highest BCUT2D eigenvalue weighted by molar-refractivity contribution is 4.95. The number of rotatable bonds is 6. The van der Waals surface area contributed by atoms with Crippen molar-refractivity contribution in [1.29, 1.82) is 0 Å². The Hall–Kier alpha value is -0.600. The predicted molar refractivity (Wildman–Crippen MR) is 95.2 cm³/mol. The zero-order chi connectivity index (χ0) is 23.7. The Kier molecular flexibility index (Phi) is 8.75. The summed E-state index contributed by atoms with van der Waals surface area (Å²) in [7, 11) is 0. The van der Waals surface area contributed by atoms with Crippen LogP contribution in [0.1, 0.15) is 0 Å². The van der Waals surface area contributed by atoms with Gasteiger partial charge in [-0.25, -0.2) is 0 Å². The van der Waals surface area contributed by atoms with E-state index in [-0.39, 0.29) is 0 Å². The fourth-order valence-corrected chi connectivity index (χ4v) is 3.73. The van der Waals surface area contributed by atoms with Crippen molar-refractivity contribution in [2.24, 2.45) is 0 Å². The van der Waals surface area contributed by atoms with Crippen molar-refractivity contribution in [3.05, 3.63) is 0 Å². The maximum atomic E-state index is 10.7. The van der Waals surface area contributed by atoms with Gasteiger partial charge in [-0.1, -0.05) is 0 Å². The molecule has 3 fully saturated rings. The maximum absolute atomic E-state index is 10.7. The van der Waals surface area contributed by atoms with Gasteiger partial charge in [-0.2, -0.15) is 0 Å². The fourth-order valence-electron chi connectivity index (χ4n) is 3.73. The second kappa shape index (κ2) is 10.8. The van der Waals surface area contributed by atoms with Crippen LogP contribution in [0.2, 0.25) is 0 Å². The first-order chi connectivity index (χ1) is 15.1. The third-order valence-electron chi connectivity index (χ3n) is 5.72. The molecule has 188 valence electrons. The van der Waals surface area contributed by atoms with Gasteiger partial charge in [-0.05, 0) is 0 Å². The Morgan fingerprint density at radius 2 is 1.16 bits per heavy atom. The van der Waals surface area contributed by atoms with Crippen LogP contribution in [0.15, 0.2) is 0 Å². The second-order valence-corrected chi connectivity index (χ2v) is 7.88. The average Bonchev–Trinajstić information content (AvgIpc) is 2.78. The molecule has 3 aliphatic rings. The lowest BCUT2D eigenvalue weighted by molar-refractivity contribution is -0.372. The van der Waals surface area contributed by atoms with Crippen LogP contribution in [0.4, 0.5) is 0 Å². The minimum absolute atomic E-state index is 0.392. The quantitative estimate of drug-likeness (QED) is 0.172. The van der Waals surface area contributed by atoms with Crippen LogP contribution < -0.4 is 0 Å². The van der Waals surface area contributed by atoms with Crippen molar-refractivity contribution in [3.63, 3.8) is 0 Å². The molecule has 0 aromatic heterocycles. The lowest BCUT2D eigenvalue weighted by Gasteiger charge is -2.47. The highest BCUT2D eigenvalue weighted by Gasteiger charge is 2.52. The Morgan fingerprint density at radius 3 is 1.75 bits per heavy atom. The third kappa shape index (κ3) is 5.07. The summed E-state index contributed by atoms with van der Waals surface area (Å²) in [5.41, 5.74) is 0. The Labute approximate surface area is 181 Å². The normalized spacial score (nSPS) is 52.7. The molecule has 14 atom stereocenters. The SMILES string of the molecule is OC[C@H]1O[C@H](O[C@@H]2[C@@H](O)[C@@H](O[C@@H]3COC(O)[C@H](O)[C@H]3O)O[C@H](CO)[C@H]2O)[C@H](O)[C@@H](O)[C@@H]1O. The van der Waals surface area contributed by atoms with Gasteiger partial charge in [0.1, 0.15) is 67.1 Å². The molecule has 1 unspecified atom stereocenters. The zero-order valence-corrected chi connectivity index (χ0v) is 16.7. The van der Waals surface area contributed by atoms with Gasteiger partial charge in [-0.15, -0.1) is 0 Å². The van der Waals surface area contributed by atoms with E-state index in [4.69, 9.17) is 23.7 Å². The first-order valence-electron chi connectivity index (χ1n) is 10.00. The second-order valence-electron chi connectivity index (χ2n) is 7.88. The van der Waals surface area contributed by atoms with Crippen LogP contribution in [0.25, 0.3) is 0 Å². The van der Waals surface area contributed by atoms with E-state index in [1.165, 1.54) is 0 Å². The molecule has 0 saturated carbocycles. The number of ether oxygens (including phenoxy) is 5. The highest BCUT2D eigenvalue weighted by atomic mass is 16.7. The van der Waals surface area contributed by atoms with Crippen molar-refractivity contribution in [2.45, 2.75) is 86.0 Å². The van der Waals surface area contributed by atoms with Gasteiger partial charge in [0, 0.05) is 0 Å². The van der Waals surface area contributed by atoms with E-state index in [0.29, 0.717) is 0 Å². The summed E-state index contributed by atoms with van der Waals surface area (Å²) in [5, 5.41) is 99.0. The van der Waals surface area contributed by atoms with E-state index in [0.717, 1.165) is 0 Å². The van der Waals surface area contributed by atoms with Gasteiger partial charge >= 0.3 is 0 Å². The molecule has 10 N–H and O–H groups in total. The van der Waals surface area contributed by atoms with Crippen LogP contribution in [-0.4, -0.2) is 157 Å². The molecule has 3 aliphatic heterocycles. The van der Waals surface area contributed by atoms with Crippen LogP contribution in [0.3, 0.4) is 0 Å². The van der Waals surface area contributed by atoms with Crippen molar-refractivity contribution in [3.8, 4) is 0 Å². The molecule has 3 saturated heterocycles. The van der Waals surface area contributed by atoms with Crippen LogP contribution in [0, 0.1) is 0 Å². The Balaban J connectivity index is 1.73. The van der Waals surface area contributed by atoms with Gasteiger partial charge in [-0.3, -0.25) is 0 Å². The summed E-state index contributed by atoms with van der Waals surface area (Å²) in [6.45, 7) is -1.88. The molecule has 15 heteroatoms. The van der Waals surface area contributed by atoms with Gasteiger partial charge in [0.15, 0.2) is 18.9 Å². The summed E-state index contributed by atoms with van der Waals surface area (Å²) < 4.78 is 26.2. The van der Waals surface area contributed by atoms with Crippen LogP contribution >= 0.6 is 0 Å². The van der Waals surface area contributed by atoms with Gasteiger partial charge < -0.3 is 74.7 Å². The van der Waals surface area contributed by atoms with Crippen LogP contribution in [-0.2, 0) is 23.7 Å². The summed E-state index contributed by atoms with van der Waals surface area (Å²) in [5.74, 6) is 0. The molecule has 0 bridgehead atoms. The minimum atomic E-state index is -1.83. The summed E-state index contributed by atoms with van der Waals surface area (Å²) in [4.78, 5) is 0. The third-order valence-corrected chi connectivity index (χ3v) is 5.72. The molecular weight excluding hydrogens is 444 g/mol. The van der Waals surface area contributed by atoms with E-state index in [9.17, 15) is 51.1 Å². The first kappa shape index (κ1) is 26.0. The highest BCUT2D eigenvalue weighted by Crippen LogP contribution is 2.31. The van der Waals surface area contributed by atoms with Crippen molar-refractivity contribution in [1.82, 2.24) is 0 Å². The average molecular weight is 474 g/mol. The smallest absolute Gasteiger partial charge is 0.187 e. The Morgan fingerprint density at radius 1 is 0.594 bits per heavy atom. The summed E-state index contributed by atoms with van der Waals surface area (Å²) in [6.07, 6.45) is -22.7. The molecule has 0 aliphatic carbocycles. The molecule has 0 aromatic carbocycles. The number of aliphatic hydroxyl groups is 10. The lowest BCUT2D eigenvalue weighted by atomic mass is 9.96. The Bertz CT molecular complexity index is 594. The first-order valence-corrected chi connectivity index (χ1v) is 10.00. The van der Waals surface area contributed by atoms with E-state index in [2.05, 4.69) is 0 Å². The summed E-state index contributed by atoms with van der Waals surface area (Å²) >= 11 is 0. The van der Waals surface area contributed by atoms with Crippen molar-refractivity contribution in [2.75, 3.05) is 19.8 Å². The molecule has 0 radical (unpaired) electrons. The summed E-state index contributed by atoms with van der Waals surface area (Å²) in [6, 6.07) is 0. The van der Waals surface area contributed by atoms with E-state index in [1.807, 2.05) is 0 Å². The largest absolute Gasteiger partial charge is 0.394 e. The molecule has 15 nitrogen and oxygen atoms in total. The van der Waals surface area contributed by atoms with Crippen LogP contribution in [0.5, 0.6) is 0 Å². The van der Waals surface area contributed by atoms with Gasteiger partial charge in [0.2, 0.25) is 0 Å². The lowest BCUT2D eigenvalue weighted by Crippen LogP contribution is -2.65. The molecule has 0 spiro atoms. The number of aliphatic hydroxyl groups excluding tert-OH is 10. The molecule has 3 rings (SSSR count). The predicted octanol–water partition coefficient (Wildman–Crippen LogP) is -6.93. The van der Waals surface area contributed by atoms with Crippen molar-refractivity contribution >= 4 is 0 Å². The monoisotopic (exact) mass is 474 g/mol. The van der Waals surface area contributed by atoms with E-state index < -0.39 is 106 Å². The number of hydrogen-bond donors (Lipinski definition) is 10. The van der Waals surface area contributed by atoms with E-state index in [1.54, 1.807) is 0 Å². The van der Waals surface area contributed by atoms with Gasteiger partial charge in [0.05, 0.1) is 19.8 Å². The molecule has 0 aromatic rings. The maximum Gasteiger partial charge on any atom is 0.187 e. The van der Waals surface area contributed by atoms with E-state index >= 15 is 0 Å². The molecular formula is C17H30O15. The standard InChI is InChI=1S/C17H30O15/c18-1-4-7(20)10(23)12(25)16(29-4)32-14-9(22)5(2-19)30-17(13(14)26)31-6-3-28-15(27)11(24)8(6)21/h4-27H,1-3H2/t4-,5-,6-,7-,8+,9-,10+,11-,12-,13-,14+,15?,16-,17-/m1/s1. The molecule has 3 heterocycles. The molecule has 0 amide bonds. The zero-order valence-electron chi connectivity index (χ0n) is 16.7. The molecule has 32 heavy (non-hydrogen) atoms. The number of hydrogen-bond acceptors (Lipinski definition) is 15. The minimum Gasteiger partial charge on any atom is -0.394 e. The fraction of sp³-hybridized carbons (Fsp3) is 1.00. The topological polar surface area (TPSA) is 248 Å². The van der Waals surface area contributed by atoms with Gasteiger partial charge in [0.25, 0.3) is 0 Å². The van der Waals surface area contributed by atoms with Crippen molar-refractivity contribution < 1.29 is 74.7 Å².